The molecule has 0 bridgehead atoms. The average molecular weight is 271 g/mol. The second kappa shape index (κ2) is 6.61. The van der Waals surface area contributed by atoms with E-state index in [2.05, 4.69) is 5.32 Å². The first kappa shape index (κ1) is 13.9. The molecular weight excluding hydrogens is 254 g/mol. The van der Waals surface area contributed by atoms with Crippen LogP contribution in [0.5, 0.6) is 11.5 Å². The van der Waals surface area contributed by atoms with Gasteiger partial charge in [0.15, 0.2) is 0 Å². The van der Waals surface area contributed by atoms with E-state index in [9.17, 15) is 4.79 Å². The fourth-order valence-electron chi connectivity index (χ4n) is 1.62. The van der Waals surface area contributed by atoms with Crippen LogP contribution < -0.4 is 10.1 Å². The Kier molecular flexibility index (Phi) is 4.60. The Balaban J connectivity index is 1.91. The number of para-hydroxylation sites is 1. The molecule has 0 aromatic heterocycles. The van der Waals surface area contributed by atoms with Gasteiger partial charge in [0, 0.05) is 12.2 Å². The number of carboxylic acid groups (broad SMARTS) is 1. The molecule has 0 aliphatic carbocycles. The predicted octanol–water partition coefficient (Wildman–Crippen LogP) is 3.61. The van der Waals surface area contributed by atoms with Gasteiger partial charge in [0.05, 0.1) is 5.92 Å². The van der Waals surface area contributed by atoms with Crippen LogP contribution in [0.3, 0.4) is 0 Å². The minimum absolute atomic E-state index is 0.397. The molecule has 0 unspecified atom stereocenters. The smallest absolute Gasteiger partial charge is 0.308 e. The molecule has 2 rings (SSSR count). The van der Waals surface area contributed by atoms with Crippen LogP contribution in [0.15, 0.2) is 54.6 Å². The normalized spacial score (nSPS) is 11.7. The molecule has 0 saturated heterocycles. The van der Waals surface area contributed by atoms with Crippen LogP contribution in [0, 0.1) is 5.92 Å². The molecule has 2 aromatic carbocycles. The molecule has 0 amide bonds. The quantitative estimate of drug-likeness (QED) is 0.842. The molecule has 0 aliphatic heterocycles. The van der Waals surface area contributed by atoms with Crippen molar-refractivity contribution in [2.24, 2.45) is 5.92 Å². The predicted molar refractivity (Wildman–Crippen MR) is 78.2 cm³/mol. The lowest BCUT2D eigenvalue weighted by Gasteiger charge is -2.10. The highest BCUT2D eigenvalue weighted by molar-refractivity contribution is 5.70. The number of hydrogen-bond donors (Lipinski definition) is 2. The maximum absolute atomic E-state index is 10.7. The number of nitrogens with one attached hydrogen (secondary N) is 1. The molecule has 4 heteroatoms. The van der Waals surface area contributed by atoms with Gasteiger partial charge in [-0.3, -0.25) is 4.79 Å². The molecule has 20 heavy (non-hydrogen) atoms. The standard InChI is InChI=1S/C16H17NO3/c1-12(16(18)19)11-17-13-7-9-15(10-8-13)20-14-5-3-2-4-6-14/h2-10,12,17H,11H2,1H3,(H,18,19)/t12-/m0/s1. The highest BCUT2D eigenvalue weighted by Gasteiger charge is 2.09. The van der Waals surface area contributed by atoms with Crippen LogP contribution in [0.2, 0.25) is 0 Å². The molecule has 2 N–H and O–H groups in total. The number of ether oxygens (including phenoxy) is 1. The number of aliphatic carboxylic acids is 1. The number of carbonyl (C=O) groups is 1. The molecule has 0 fully saturated rings. The van der Waals surface area contributed by atoms with E-state index < -0.39 is 11.9 Å². The van der Waals surface area contributed by atoms with E-state index in [0.29, 0.717) is 6.54 Å². The van der Waals surface area contributed by atoms with E-state index >= 15 is 0 Å². The topological polar surface area (TPSA) is 58.6 Å². The van der Waals surface area contributed by atoms with Crippen molar-refractivity contribution in [3.8, 4) is 11.5 Å². The average Bonchev–Trinajstić information content (AvgIpc) is 2.47. The molecule has 4 nitrogen and oxygen atoms in total. The van der Waals surface area contributed by atoms with Crippen LogP contribution in [-0.2, 0) is 4.79 Å². The minimum Gasteiger partial charge on any atom is -0.481 e. The monoisotopic (exact) mass is 271 g/mol. The summed E-state index contributed by atoms with van der Waals surface area (Å²) in [5, 5.41) is 11.9. The Morgan fingerprint density at radius 3 is 2.30 bits per heavy atom. The van der Waals surface area contributed by atoms with Gasteiger partial charge in [-0.15, -0.1) is 0 Å². The largest absolute Gasteiger partial charge is 0.481 e. The number of benzene rings is 2. The summed E-state index contributed by atoms with van der Waals surface area (Å²) in [4.78, 5) is 10.7. The summed E-state index contributed by atoms with van der Waals surface area (Å²) in [6.07, 6.45) is 0. The van der Waals surface area contributed by atoms with Gasteiger partial charge in [-0.05, 0) is 36.4 Å². The van der Waals surface area contributed by atoms with E-state index in [1.165, 1.54) is 0 Å². The third kappa shape index (κ3) is 4.02. The Hall–Kier alpha value is -2.49. The molecule has 1 atom stereocenters. The first-order valence-corrected chi connectivity index (χ1v) is 6.45. The molecule has 0 aliphatic rings. The minimum atomic E-state index is -0.804. The maximum atomic E-state index is 10.7. The van der Waals surface area contributed by atoms with Crippen molar-refractivity contribution < 1.29 is 14.6 Å². The van der Waals surface area contributed by atoms with E-state index in [-0.39, 0.29) is 0 Å². The van der Waals surface area contributed by atoms with Crippen LogP contribution in [-0.4, -0.2) is 17.6 Å². The lowest BCUT2D eigenvalue weighted by molar-refractivity contribution is -0.140. The van der Waals surface area contributed by atoms with Gasteiger partial charge in [-0.1, -0.05) is 25.1 Å². The van der Waals surface area contributed by atoms with Crippen LogP contribution >= 0.6 is 0 Å². The van der Waals surface area contributed by atoms with E-state index in [1.54, 1.807) is 6.92 Å². The van der Waals surface area contributed by atoms with E-state index in [1.807, 2.05) is 54.6 Å². The van der Waals surface area contributed by atoms with Gasteiger partial charge >= 0.3 is 5.97 Å². The van der Waals surface area contributed by atoms with Gasteiger partial charge in [-0.25, -0.2) is 0 Å². The number of carboxylic acids is 1. The van der Waals surface area contributed by atoms with E-state index in [4.69, 9.17) is 9.84 Å². The molecule has 0 spiro atoms. The Morgan fingerprint density at radius 1 is 1.10 bits per heavy atom. The van der Waals surface area contributed by atoms with Crippen molar-refractivity contribution in [2.75, 3.05) is 11.9 Å². The first-order chi connectivity index (χ1) is 9.65. The summed E-state index contributed by atoms with van der Waals surface area (Å²) in [5.74, 6) is 0.303. The molecule has 0 saturated carbocycles. The molecule has 0 heterocycles. The summed E-state index contributed by atoms with van der Waals surface area (Å²) in [5.41, 5.74) is 0.874. The van der Waals surface area contributed by atoms with Gasteiger partial charge < -0.3 is 15.2 Å². The van der Waals surface area contributed by atoms with Crippen molar-refractivity contribution in [1.29, 1.82) is 0 Å². The van der Waals surface area contributed by atoms with Crippen LogP contribution in [0.1, 0.15) is 6.92 Å². The van der Waals surface area contributed by atoms with Crippen LogP contribution in [0.4, 0.5) is 5.69 Å². The summed E-state index contributed by atoms with van der Waals surface area (Å²) in [6.45, 7) is 2.07. The number of anilines is 1. The highest BCUT2D eigenvalue weighted by atomic mass is 16.5. The van der Waals surface area contributed by atoms with Crippen molar-refractivity contribution >= 4 is 11.7 Å². The molecule has 2 aromatic rings. The fraction of sp³-hybridized carbons (Fsp3) is 0.188. The lowest BCUT2D eigenvalue weighted by atomic mass is 10.2. The Morgan fingerprint density at radius 2 is 1.70 bits per heavy atom. The lowest BCUT2D eigenvalue weighted by Crippen LogP contribution is -2.19. The van der Waals surface area contributed by atoms with Crippen LogP contribution in [0.25, 0.3) is 0 Å². The third-order valence-electron chi connectivity index (χ3n) is 2.87. The molecule has 104 valence electrons. The van der Waals surface area contributed by atoms with Crippen molar-refractivity contribution in [1.82, 2.24) is 0 Å². The summed E-state index contributed by atoms with van der Waals surface area (Å²) < 4.78 is 5.68. The van der Waals surface area contributed by atoms with E-state index in [0.717, 1.165) is 17.2 Å². The van der Waals surface area contributed by atoms with Crippen molar-refractivity contribution in [2.45, 2.75) is 6.92 Å². The van der Waals surface area contributed by atoms with Crippen molar-refractivity contribution in [3.05, 3.63) is 54.6 Å². The zero-order valence-corrected chi connectivity index (χ0v) is 11.2. The zero-order valence-electron chi connectivity index (χ0n) is 11.2. The number of hydrogen-bond acceptors (Lipinski definition) is 3. The number of rotatable bonds is 6. The third-order valence-corrected chi connectivity index (χ3v) is 2.87. The molecular formula is C16H17NO3. The second-order valence-electron chi connectivity index (χ2n) is 4.56. The molecule has 0 radical (unpaired) electrons. The Labute approximate surface area is 118 Å². The Bertz CT molecular complexity index is 552. The SMILES string of the molecule is C[C@@H](CNc1ccc(Oc2ccccc2)cc1)C(=O)O. The van der Waals surface area contributed by atoms with Crippen molar-refractivity contribution in [3.63, 3.8) is 0 Å². The first-order valence-electron chi connectivity index (χ1n) is 6.45. The van der Waals surface area contributed by atoms with Gasteiger partial charge in [0.1, 0.15) is 11.5 Å². The fourth-order valence-corrected chi connectivity index (χ4v) is 1.62. The van der Waals surface area contributed by atoms with Gasteiger partial charge in [-0.2, -0.15) is 0 Å². The van der Waals surface area contributed by atoms with Gasteiger partial charge in [0.2, 0.25) is 0 Å². The summed E-state index contributed by atoms with van der Waals surface area (Å²) in [7, 11) is 0. The van der Waals surface area contributed by atoms with Gasteiger partial charge in [0.25, 0.3) is 0 Å². The summed E-state index contributed by atoms with van der Waals surface area (Å²) >= 11 is 0. The highest BCUT2D eigenvalue weighted by Crippen LogP contribution is 2.22. The second-order valence-corrected chi connectivity index (χ2v) is 4.56. The maximum Gasteiger partial charge on any atom is 0.308 e. The summed E-state index contributed by atoms with van der Waals surface area (Å²) in [6, 6.07) is 17.0. The zero-order chi connectivity index (χ0) is 14.4.